The van der Waals surface area contributed by atoms with E-state index < -0.39 is 39.3 Å². The van der Waals surface area contributed by atoms with Crippen molar-refractivity contribution in [2.75, 3.05) is 18.1 Å². The molecule has 0 radical (unpaired) electrons. The number of hydrogen-bond acceptors (Lipinski definition) is 4. The van der Waals surface area contributed by atoms with Crippen molar-refractivity contribution in [3.05, 3.63) is 59.4 Å². The van der Waals surface area contributed by atoms with Gasteiger partial charge in [0.2, 0.25) is 11.8 Å². The number of halogens is 1. The third kappa shape index (κ3) is 4.00. The second-order valence-electron chi connectivity index (χ2n) is 6.65. The lowest BCUT2D eigenvalue weighted by Gasteiger charge is -2.18. The Hall–Kier alpha value is -2.74. The average molecular weight is 390 g/mol. The minimum atomic E-state index is -3.56. The van der Waals surface area contributed by atoms with Gasteiger partial charge in [-0.1, -0.05) is 18.2 Å². The number of anilines is 1. The first-order valence-corrected chi connectivity index (χ1v) is 10.2. The molecule has 2 N–H and O–H groups in total. The van der Waals surface area contributed by atoms with Crippen LogP contribution in [0.5, 0.6) is 0 Å². The quantitative estimate of drug-likeness (QED) is 0.781. The van der Waals surface area contributed by atoms with Gasteiger partial charge in [-0.15, -0.1) is 0 Å². The monoisotopic (exact) mass is 390 g/mol. The van der Waals surface area contributed by atoms with Gasteiger partial charge in [-0.2, -0.15) is 0 Å². The number of nitrogens with one attached hydrogen (secondary N) is 2. The SMILES string of the molecule is Cc1cc(F)cc([C@H]2CNC(=O)[C@@H]2C(=O)Nc2ccccc2S(C)(=O)=O)c1. The zero-order valence-electron chi connectivity index (χ0n) is 14.8. The van der Waals surface area contributed by atoms with Crippen LogP contribution in [-0.4, -0.2) is 33.0 Å². The lowest BCUT2D eigenvalue weighted by atomic mass is 9.87. The maximum Gasteiger partial charge on any atom is 0.237 e. The predicted octanol–water partition coefficient (Wildman–Crippen LogP) is 2.01. The number of para-hydroxylation sites is 1. The smallest absolute Gasteiger partial charge is 0.237 e. The highest BCUT2D eigenvalue weighted by Crippen LogP contribution is 2.32. The lowest BCUT2D eigenvalue weighted by molar-refractivity contribution is -0.130. The van der Waals surface area contributed by atoms with Crippen molar-refractivity contribution in [2.24, 2.45) is 5.92 Å². The van der Waals surface area contributed by atoms with E-state index in [-0.39, 0.29) is 17.1 Å². The molecule has 1 aliphatic heterocycles. The van der Waals surface area contributed by atoms with E-state index in [1.54, 1.807) is 25.1 Å². The fourth-order valence-corrected chi connectivity index (χ4v) is 4.16. The Kier molecular flexibility index (Phi) is 5.01. The third-order valence-electron chi connectivity index (χ3n) is 4.50. The predicted molar refractivity (Wildman–Crippen MR) is 98.6 cm³/mol. The van der Waals surface area contributed by atoms with Crippen LogP contribution in [0.3, 0.4) is 0 Å². The van der Waals surface area contributed by atoms with Crippen LogP contribution in [0.1, 0.15) is 17.0 Å². The maximum atomic E-state index is 13.8. The summed E-state index contributed by atoms with van der Waals surface area (Å²) in [4.78, 5) is 25.0. The molecule has 27 heavy (non-hydrogen) atoms. The van der Waals surface area contributed by atoms with Gasteiger partial charge in [-0.3, -0.25) is 9.59 Å². The largest absolute Gasteiger partial charge is 0.355 e. The van der Waals surface area contributed by atoms with Gasteiger partial charge in [0.05, 0.1) is 10.6 Å². The van der Waals surface area contributed by atoms with E-state index in [1.165, 1.54) is 24.3 Å². The second-order valence-corrected chi connectivity index (χ2v) is 8.63. The fourth-order valence-electron chi connectivity index (χ4n) is 3.32. The number of rotatable bonds is 4. The summed E-state index contributed by atoms with van der Waals surface area (Å²) in [6.45, 7) is 1.93. The van der Waals surface area contributed by atoms with Crippen LogP contribution in [0, 0.1) is 18.7 Å². The molecule has 0 aromatic heterocycles. The van der Waals surface area contributed by atoms with Crippen molar-refractivity contribution < 1.29 is 22.4 Å². The molecule has 0 unspecified atom stereocenters. The number of benzene rings is 2. The van der Waals surface area contributed by atoms with E-state index >= 15 is 0 Å². The van der Waals surface area contributed by atoms with Crippen molar-refractivity contribution in [1.82, 2.24) is 5.32 Å². The number of carbonyl (C=O) groups is 2. The van der Waals surface area contributed by atoms with Crippen molar-refractivity contribution in [1.29, 1.82) is 0 Å². The van der Waals surface area contributed by atoms with Crippen LogP contribution in [0.25, 0.3) is 0 Å². The first-order valence-electron chi connectivity index (χ1n) is 8.31. The molecule has 142 valence electrons. The van der Waals surface area contributed by atoms with E-state index in [4.69, 9.17) is 0 Å². The van der Waals surface area contributed by atoms with Gasteiger partial charge in [0.1, 0.15) is 11.7 Å². The Morgan fingerprint density at radius 1 is 1.22 bits per heavy atom. The Bertz CT molecular complexity index is 1000. The molecule has 3 rings (SSSR count). The molecule has 1 saturated heterocycles. The molecule has 1 heterocycles. The first-order chi connectivity index (χ1) is 12.7. The molecule has 8 heteroatoms. The van der Waals surface area contributed by atoms with Crippen molar-refractivity contribution in [3.63, 3.8) is 0 Å². The van der Waals surface area contributed by atoms with Gasteiger partial charge in [0.25, 0.3) is 0 Å². The average Bonchev–Trinajstić information content (AvgIpc) is 2.95. The number of amides is 2. The van der Waals surface area contributed by atoms with Crippen LogP contribution >= 0.6 is 0 Å². The highest BCUT2D eigenvalue weighted by Gasteiger charge is 2.41. The topological polar surface area (TPSA) is 92.3 Å². The molecular formula is C19H19FN2O4S. The van der Waals surface area contributed by atoms with Crippen LogP contribution < -0.4 is 10.6 Å². The van der Waals surface area contributed by atoms with Crippen LogP contribution in [0.2, 0.25) is 0 Å². The Labute approximate surface area is 156 Å². The maximum absolute atomic E-state index is 13.8. The Morgan fingerprint density at radius 3 is 2.59 bits per heavy atom. The number of carbonyl (C=O) groups excluding carboxylic acids is 2. The van der Waals surface area contributed by atoms with Gasteiger partial charge < -0.3 is 10.6 Å². The van der Waals surface area contributed by atoms with Crippen molar-refractivity contribution in [3.8, 4) is 0 Å². The summed E-state index contributed by atoms with van der Waals surface area (Å²) < 4.78 is 37.6. The molecule has 0 bridgehead atoms. The minimum absolute atomic E-state index is 0.0325. The summed E-state index contributed by atoms with van der Waals surface area (Å²) in [6.07, 6.45) is 1.04. The van der Waals surface area contributed by atoms with Gasteiger partial charge in [-0.05, 0) is 42.3 Å². The third-order valence-corrected chi connectivity index (χ3v) is 5.66. The summed E-state index contributed by atoms with van der Waals surface area (Å²) >= 11 is 0. The van der Waals surface area contributed by atoms with Gasteiger partial charge in [0, 0.05) is 18.7 Å². The highest BCUT2D eigenvalue weighted by molar-refractivity contribution is 7.90. The molecular weight excluding hydrogens is 371 g/mol. The molecule has 2 atom stereocenters. The van der Waals surface area contributed by atoms with E-state index in [0.29, 0.717) is 11.1 Å². The molecule has 0 saturated carbocycles. The molecule has 2 aromatic carbocycles. The van der Waals surface area contributed by atoms with Crippen LogP contribution in [0.15, 0.2) is 47.4 Å². The van der Waals surface area contributed by atoms with Gasteiger partial charge >= 0.3 is 0 Å². The van der Waals surface area contributed by atoms with Crippen molar-refractivity contribution >= 4 is 27.3 Å². The summed E-state index contributed by atoms with van der Waals surface area (Å²) in [5, 5.41) is 5.17. The number of aryl methyl sites for hydroxylation is 1. The summed E-state index contributed by atoms with van der Waals surface area (Å²) in [5.41, 5.74) is 1.34. The summed E-state index contributed by atoms with van der Waals surface area (Å²) in [7, 11) is -3.56. The van der Waals surface area contributed by atoms with Gasteiger partial charge in [0.15, 0.2) is 9.84 Å². The highest BCUT2D eigenvalue weighted by atomic mass is 32.2. The van der Waals surface area contributed by atoms with Gasteiger partial charge in [-0.25, -0.2) is 12.8 Å². The molecule has 2 aromatic rings. The summed E-state index contributed by atoms with van der Waals surface area (Å²) in [5.74, 6) is -3.17. The first kappa shape index (κ1) is 19.0. The molecule has 1 aliphatic rings. The molecule has 1 fully saturated rings. The number of hydrogen-bond donors (Lipinski definition) is 2. The standard InChI is InChI=1S/C19H19FN2O4S/c1-11-7-12(9-13(20)8-11)14-10-21-18(23)17(14)19(24)22-15-5-3-4-6-16(15)27(2,25)26/h3-9,14,17H,10H2,1-2H3,(H,21,23)(H,22,24)/t14-,17-/m1/s1. The Balaban J connectivity index is 1.92. The fraction of sp³-hybridized carbons (Fsp3) is 0.263. The van der Waals surface area contributed by atoms with Crippen LogP contribution in [0.4, 0.5) is 10.1 Å². The molecule has 6 nitrogen and oxygen atoms in total. The normalized spacial score (nSPS) is 19.6. The minimum Gasteiger partial charge on any atom is -0.355 e. The van der Waals surface area contributed by atoms with Crippen molar-refractivity contribution in [2.45, 2.75) is 17.7 Å². The molecule has 0 spiro atoms. The zero-order valence-corrected chi connectivity index (χ0v) is 15.6. The molecule has 0 aliphatic carbocycles. The zero-order chi connectivity index (χ0) is 19.8. The van der Waals surface area contributed by atoms with E-state index in [2.05, 4.69) is 10.6 Å². The second kappa shape index (κ2) is 7.11. The van der Waals surface area contributed by atoms with Crippen LogP contribution in [-0.2, 0) is 19.4 Å². The van der Waals surface area contributed by atoms with E-state index in [1.807, 2.05) is 0 Å². The molecule has 2 amide bonds. The Morgan fingerprint density at radius 2 is 1.93 bits per heavy atom. The van der Waals surface area contributed by atoms with E-state index in [0.717, 1.165) is 6.26 Å². The van der Waals surface area contributed by atoms with E-state index in [9.17, 15) is 22.4 Å². The summed E-state index contributed by atoms with van der Waals surface area (Å²) in [6, 6.07) is 10.4. The number of sulfone groups is 1. The lowest BCUT2D eigenvalue weighted by Crippen LogP contribution is -2.32.